The fourth-order valence-electron chi connectivity index (χ4n) is 2.49. The summed E-state index contributed by atoms with van der Waals surface area (Å²) in [5.74, 6) is -0.973. The molecule has 1 fully saturated rings. The number of carboxylic acid groups (broad SMARTS) is 1. The molecule has 1 rings (SSSR count). The summed E-state index contributed by atoms with van der Waals surface area (Å²) in [7, 11) is 4.03. The lowest BCUT2D eigenvalue weighted by Gasteiger charge is -2.47. The summed E-state index contributed by atoms with van der Waals surface area (Å²) in [4.78, 5) is 25.0. The first-order valence-corrected chi connectivity index (χ1v) is 7.36. The molecule has 0 bridgehead atoms. The second-order valence-corrected chi connectivity index (χ2v) is 5.83. The topological polar surface area (TPSA) is 81.7 Å². The molecule has 6 heteroatoms. The molecule has 0 aliphatic heterocycles. The van der Waals surface area contributed by atoms with E-state index < -0.39 is 12.0 Å². The number of carbonyl (C=O) groups excluding carboxylic acids is 1. The number of hydrogen-bond donors (Lipinski definition) is 3. The average molecular weight is 285 g/mol. The minimum atomic E-state index is -0.973. The molecule has 1 aliphatic carbocycles. The molecule has 1 unspecified atom stereocenters. The molecular weight excluding hydrogens is 258 g/mol. The number of nitrogens with zero attached hydrogens (tertiary/aromatic N) is 1. The maximum absolute atomic E-state index is 11.8. The summed E-state index contributed by atoms with van der Waals surface area (Å²) < 4.78 is 0. The highest BCUT2D eigenvalue weighted by Crippen LogP contribution is 2.35. The second kappa shape index (κ2) is 7.47. The number of unbranched alkanes of at least 4 members (excludes halogenated alkanes) is 1. The maximum Gasteiger partial charge on any atom is 0.326 e. The van der Waals surface area contributed by atoms with E-state index in [0.29, 0.717) is 13.0 Å². The van der Waals surface area contributed by atoms with Gasteiger partial charge in [0.2, 0.25) is 0 Å². The van der Waals surface area contributed by atoms with Gasteiger partial charge in [0.15, 0.2) is 0 Å². The quantitative estimate of drug-likeness (QED) is 0.630. The summed E-state index contributed by atoms with van der Waals surface area (Å²) in [6.45, 7) is 2.56. The van der Waals surface area contributed by atoms with Crippen LogP contribution in [0.25, 0.3) is 0 Å². The Morgan fingerprint density at radius 3 is 2.40 bits per heavy atom. The number of rotatable bonds is 8. The minimum absolute atomic E-state index is 0.0411. The Bertz CT molecular complexity index is 341. The summed E-state index contributed by atoms with van der Waals surface area (Å²) in [6, 6.07) is -1.19. The number of aliphatic carboxylic acids is 1. The van der Waals surface area contributed by atoms with Crippen LogP contribution in [0, 0.1) is 0 Å². The van der Waals surface area contributed by atoms with Gasteiger partial charge in [0, 0.05) is 12.1 Å². The lowest BCUT2D eigenvalue weighted by atomic mass is 9.75. The molecule has 0 heterocycles. The van der Waals surface area contributed by atoms with Crippen molar-refractivity contribution in [2.45, 2.75) is 57.0 Å². The molecule has 0 aromatic rings. The first-order chi connectivity index (χ1) is 9.41. The van der Waals surface area contributed by atoms with E-state index in [2.05, 4.69) is 15.5 Å². The van der Waals surface area contributed by atoms with E-state index in [0.717, 1.165) is 25.7 Å². The van der Waals surface area contributed by atoms with Crippen LogP contribution < -0.4 is 10.6 Å². The van der Waals surface area contributed by atoms with Crippen LogP contribution in [-0.2, 0) is 4.79 Å². The van der Waals surface area contributed by atoms with Crippen LogP contribution in [0.1, 0.15) is 45.4 Å². The van der Waals surface area contributed by atoms with Crippen LogP contribution in [0.2, 0.25) is 0 Å². The van der Waals surface area contributed by atoms with Crippen molar-refractivity contribution >= 4 is 12.0 Å². The van der Waals surface area contributed by atoms with E-state index >= 15 is 0 Å². The standard InChI is InChI=1S/C14H27N3O3/c1-4-5-7-11(12(18)19)16-13(20)15-10-14(17(2)3)8-6-9-14/h11H,4-10H2,1-3H3,(H,18,19)(H2,15,16,20). The number of amides is 2. The van der Waals surface area contributed by atoms with Gasteiger partial charge >= 0.3 is 12.0 Å². The Balaban J connectivity index is 2.39. The first-order valence-electron chi connectivity index (χ1n) is 7.36. The van der Waals surface area contributed by atoms with Crippen molar-refractivity contribution in [1.29, 1.82) is 0 Å². The third kappa shape index (κ3) is 4.37. The summed E-state index contributed by atoms with van der Waals surface area (Å²) in [5.41, 5.74) is 0.0411. The summed E-state index contributed by atoms with van der Waals surface area (Å²) in [5, 5.41) is 14.4. The monoisotopic (exact) mass is 285 g/mol. The zero-order valence-electron chi connectivity index (χ0n) is 12.7. The fourth-order valence-corrected chi connectivity index (χ4v) is 2.49. The molecule has 3 N–H and O–H groups in total. The van der Waals surface area contributed by atoms with Gasteiger partial charge < -0.3 is 20.6 Å². The van der Waals surface area contributed by atoms with Gasteiger partial charge in [0.25, 0.3) is 0 Å². The van der Waals surface area contributed by atoms with E-state index in [1.165, 1.54) is 6.42 Å². The van der Waals surface area contributed by atoms with Gasteiger partial charge in [-0.15, -0.1) is 0 Å². The molecule has 6 nitrogen and oxygen atoms in total. The number of hydrogen-bond acceptors (Lipinski definition) is 3. The molecule has 0 spiro atoms. The summed E-state index contributed by atoms with van der Waals surface area (Å²) >= 11 is 0. The van der Waals surface area contributed by atoms with Crippen LogP contribution in [0.4, 0.5) is 4.79 Å². The van der Waals surface area contributed by atoms with Crippen molar-refractivity contribution in [1.82, 2.24) is 15.5 Å². The third-order valence-corrected chi connectivity index (χ3v) is 4.26. The van der Waals surface area contributed by atoms with Crippen molar-refractivity contribution in [2.75, 3.05) is 20.6 Å². The van der Waals surface area contributed by atoms with Crippen molar-refractivity contribution in [3.05, 3.63) is 0 Å². The third-order valence-electron chi connectivity index (χ3n) is 4.26. The van der Waals surface area contributed by atoms with Crippen LogP contribution in [0.15, 0.2) is 0 Å². The molecule has 2 amide bonds. The largest absolute Gasteiger partial charge is 0.480 e. The molecule has 1 aliphatic rings. The number of likely N-dealkylation sites (N-methyl/N-ethyl adjacent to an activating group) is 1. The highest BCUT2D eigenvalue weighted by Gasteiger charge is 2.39. The van der Waals surface area contributed by atoms with Crippen LogP contribution in [0.3, 0.4) is 0 Å². The lowest BCUT2D eigenvalue weighted by molar-refractivity contribution is -0.139. The Labute approximate surface area is 120 Å². The van der Waals surface area contributed by atoms with Gasteiger partial charge in [0.1, 0.15) is 6.04 Å². The van der Waals surface area contributed by atoms with Gasteiger partial charge in [-0.2, -0.15) is 0 Å². The molecular formula is C14H27N3O3. The zero-order valence-corrected chi connectivity index (χ0v) is 12.7. The molecule has 0 aromatic carbocycles. The molecule has 1 atom stereocenters. The molecule has 1 saturated carbocycles. The van der Waals surface area contributed by atoms with E-state index in [1.807, 2.05) is 21.0 Å². The SMILES string of the molecule is CCCCC(NC(=O)NCC1(N(C)C)CCC1)C(=O)O. The Morgan fingerprint density at radius 1 is 1.35 bits per heavy atom. The molecule has 0 saturated heterocycles. The molecule has 0 radical (unpaired) electrons. The molecule has 116 valence electrons. The van der Waals surface area contributed by atoms with E-state index in [-0.39, 0.29) is 11.6 Å². The lowest BCUT2D eigenvalue weighted by Crippen LogP contribution is -2.59. The van der Waals surface area contributed by atoms with Gasteiger partial charge in [-0.05, 0) is 39.8 Å². The predicted octanol–water partition coefficient (Wildman–Crippen LogP) is 1.41. The molecule has 0 aromatic heterocycles. The Morgan fingerprint density at radius 2 is 2.00 bits per heavy atom. The smallest absolute Gasteiger partial charge is 0.326 e. The van der Waals surface area contributed by atoms with Crippen molar-refractivity contribution in [3.63, 3.8) is 0 Å². The highest BCUT2D eigenvalue weighted by atomic mass is 16.4. The van der Waals surface area contributed by atoms with Gasteiger partial charge in [-0.1, -0.05) is 19.8 Å². The average Bonchev–Trinajstić information content (AvgIpc) is 2.32. The highest BCUT2D eigenvalue weighted by molar-refractivity contribution is 5.82. The summed E-state index contributed by atoms with van der Waals surface area (Å²) in [6.07, 6.45) is 5.49. The minimum Gasteiger partial charge on any atom is -0.480 e. The van der Waals surface area contributed by atoms with Crippen LogP contribution in [0.5, 0.6) is 0 Å². The van der Waals surface area contributed by atoms with Gasteiger partial charge in [-0.25, -0.2) is 9.59 Å². The fraction of sp³-hybridized carbons (Fsp3) is 0.857. The zero-order chi connectivity index (χ0) is 15.2. The predicted molar refractivity (Wildman–Crippen MR) is 77.8 cm³/mol. The van der Waals surface area contributed by atoms with E-state index in [4.69, 9.17) is 5.11 Å². The number of carbonyl (C=O) groups is 2. The Kier molecular flexibility index (Phi) is 6.26. The number of nitrogens with one attached hydrogen (secondary N) is 2. The van der Waals surface area contributed by atoms with Crippen LogP contribution in [-0.4, -0.2) is 54.2 Å². The second-order valence-electron chi connectivity index (χ2n) is 5.83. The van der Waals surface area contributed by atoms with Crippen molar-refractivity contribution in [3.8, 4) is 0 Å². The van der Waals surface area contributed by atoms with Crippen molar-refractivity contribution < 1.29 is 14.7 Å². The first kappa shape index (κ1) is 16.8. The molecule has 20 heavy (non-hydrogen) atoms. The van der Waals surface area contributed by atoms with Crippen LogP contribution >= 0.6 is 0 Å². The number of urea groups is 1. The van der Waals surface area contributed by atoms with Crippen molar-refractivity contribution in [2.24, 2.45) is 0 Å². The normalized spacial score (nSPS) is 18.2. The van der Waals surface area contributed by atoms with E-state index in [1.54, 1.807) is 0 Å². The van der Waals surface area contributed by atoms with E-state index in [9.17, 15) is 9.59 Å². The Hall–Kier alpha value is -1.30. The maximum atomic E-state index is 11.8. The number of carboxylic acids is 1. The van der Waals surface area contributed by atoms with Gasteiger partial charge in [0.05, 0.1) is 0 Å². The van der Waals surface area contributed by atoms with Gasteiger partial charge in [-0.3, -0.25) is 0 Å².